The fourth-order valence-corrected chi connectivity index (χ4v) is 4.37. The Kier molecular flexibility index (Phi) is 5.98. The Morgan fingerprint density at radius 3 is 2.24 bits per heavy atom. The minimum atomic E-state index is -3.84. The number of carbonyl (C=O) groups excluding carboxylic acids is 1. The minimum Gasteiger partial charge on any atom is -0.348 e. The molecule has 0 saturated carbocycles. The van der Waals surface area contributed by atoms with E-state index in [4.69, 9.17) is 0 Å². The number of aromatic nitrogens is 1. The molecule has 0 aliphatic heterocycles. The minimum absolute atomic E-state index is 0.0771. The van der Waals surface area contributed by atoms with Gasteiger partial charge >= 0.3 is 0 Å². The Bertz CT molecular complexity index is 1120. The molecule has 3 aromatic rings. The normalized spacial score (nSPS) is 11.1. The van der Waals surface area contributed by atoms with Gasteiger partial charge in [-0.1, -0.05) is 12.1 Å². The van der Waals surface area contributed by atoms with Gasteiger partial charge in [-0.2, -0.15) is 0 Å². The zero-order chi connectivity index (χ0) is 21.0. The number of anilines is 1. The first kappa shape index (κ1) is 20.5. The lowest BCUT2D eigenvalue weighted by molar-refractivity contribution is 0.0950. The maximum absolute atomic E-state index is 12.9. The van der Waals surface area contributed by atoms with Crippen molar-refractivity contribution in [3.05, 3.63) is 88.7 Å². The van der Waals surface area contributed by atoms with Crippen molar-refractivity contribution in [2.45, 2.75) is 32.2 Å². The predicted molar refractivity (Wildman–Crippen MR) is 113 cm³/mol. The largest absolute Gasteiger partial charge is 0.348 e. The zero-order valence-corrected chi connectivity index (χ0v) is 17.4. The molecular weight excluding hydrogens is 386 g/mol. The van der Waals surface area contributed by atoms with E-state index in [1.54, 1.807) is 55.7 Å². The monoisotopic (exact) mass is 409 g/mol. The van der Waals surface area contributed by atoms with Crippen LogP contribution in [0.4, 0.5) is 5.69 Å². The number of aryl methyl sites for hydroxylation is 3. The Balaban J connectivity index is 1.82. The van der Waals surface area contributed by atoms with Gasteiger partial charge in [0, 0.05) is 30.2 Å². The van der Waals surface area contributed by atoms with Crippen LogP contribution in [0.15, 0.2) is 65.8 Å². The molecule has 0 radical (unpaired) electrons. The third kappa shape index (κ3) is 5.20. The van der Waals surface area contributed by atoms with E-state index in [1.807, 2.05) is 19.9 Å². The van der Waals surface area contributed by atoms with Crippen molar-refractivity contribution < 1.29 is 13.2 Å². The van der Waals surface area contributed by atoms with Gasteiger partial charge in [-0.25, -0.2) is 8.42 Å². The average molecular weight is 410 g/mol. The summed E-state index contributed by atoms with van der Waals surface area (Å²) in [7, 11) is -3.84. The van der Waals surface area contributed by atoms with Crippen molar-refractivity contribution in [3.8, 4) is 0 Å². The zero-order valence-electron chi connectivity index (χ0n) is 16.6. The molecule has 0 aliphatic carbocycles. The second-order valence-electron chi connectivity index (χ2n) is 7.00. The summed E-state index contributed by atoms with van der Waals surface area (Å²) in [6, 6.07) is 13.8. The van der Waals surface area contributed by atoms with E-state index in [0.29, 0.717) is 17.8 Å². The van der Waals surface area contributed by atoms with E-state index < -0.39 is 10.0 Å². The molecule has 3 rings (SSSR count). The van der Waals surface area contributed by atoms with Gasteiger partial charge in [-0.05, 0) is 79.4 Å². The lowest BCUT2D eigenvalue weighted by atomic mass is 10.1. The first-order chi connectivity index (χ1) is 13.7. The highest BCUT2D eigenvalue weighted by Gasteiger charge is 2.19. The summed E-state index contributed by atoms with van der Waals surface area (Å²) in [4.78, 5) is 16.5. The van der Waals surface area contributed by atoms with Crippen molar-refractivity contribution in [1.29, 1.82) is 0 Å². The number of rotatable bonds is 6. The number of hydrogen-bond donors (Lipinski definition) is 2. The molecular formula is C22H23N3O3S. The van der Waals surface area contributed by atoms with Crippen molar-refractivity contribution in [1.82, 2.24) is 10.3 Å². The SMILES string of the molecule is Cc1cc(C)cc(NS(=O)(=O)c2cc(C(=O)NCc3ccncc3)ccc2C)c1. The maximum atomic E-state index is 12.9. The van der Waals surface area contributed by atoms with Crippen LogP contribution in [-0.2, 0) is 16.6 Å². The third-order valence-electron chi connectivity index (χ3n) is 4.42. The number of pyridine rings is 1. The maximum Gasteiger partial charge on any atom is 0.262 e. The van der Waals surface area contributed by atoms with Crippen LogP contribution in [0, 0.1) is 20.8 Å². The summed E-state index contributed by atoms with van der Waals surface area (Å²) < 4.78 is 28.5. The highest BCUT2D eigenvalue weighted by Crippen LogP contribution is 2.22. The first-order valence-corrected chi connectivity index (χ1v) is 10.6. The van der Waals surface area contributed by atoms with Crippen LogP contribution >= 0.6 is 0 Å². The van der Waals surface area contributed by atoms with Gasteiger partial charge in [0.15, 0.2) is 0 Å². The molecule has 2 N–H and O–H groups in total. The van der Waals surface area contributed by atoms with E-state index in [2.05, 4.69) is 15.0 Å². The number of hydrogen-bond acceptors (Lipinski definition) is 4. The van der Waals surface area contributed by atoms with Crippen molar-refractivity contribution >= 4 is 21.6 Å². The standard InChI is InChI=1S/C22H23N3O3S/c1-15-10-16(2)12-20(11-15)25-29(27,28)21-13-19(5-4-17(21)3)22(26)24-14-18-6-8-23-9-7-18/h4-13,25H,14H2,1-3H3,(H,24,26). The molecule has 0 bridgehead atoms. The molecule has 0 spiro atoms. The summed E-state index contributed by atoms with van der Waals surface area (Å²) in [5, 5.41) is 2.80. The summed E-state index contributed by atoms with van der Waals surface area (Å²) in [5.41, 5.74) is 4.17. The molecule has 2 aromatic carbocycles. The van der Waals surface area contributed by atoms with Gasteiger partial charge in [0.05, 0.1) is 4.90 Å². The molecule has 1 aromatic heterocycles. The summed E-state index contributed by atoms with van der Waals surface area (Å²) in [6.07, 6.45) is 3.30. The molecule has 0 fully saturated rings. The number of nitrogens with one attached hydrogen (secondary N) is 2. The van der Waals surface area contributed by atoms with E-state index in [9.17, 15) is 13.2 Å². The first-order valence-electron chi connectivity index (χ1n) is 9.13. The Morgan fingerprint density at radius 1 is 0.931 bits per heavy atom. The summed E-state index contributed by atoms with van der Waals surface area (Å²) in [6.45, 7) is 5.85. The average Bonchev–Trinajstić information content (AvgIpc) is 2.66. The van der Waals surface area contributed by atoms with E-state index in [1.165, 1.54) is 6.07 Å². The molecule has 1 heterocycles. The Labute approximate surface area is 171 Å². The van der Waals surface area contributed by atoms with Crippen LogP contribution in [0.3, 0.4) is 0 Å². The fraction of sp³-hybridized carbons (Fsp3) is 0.182. The van der Waals surface area contributed by atoms with Crippen LogP contribution in [0.1, 0.15) is 32.6 Å². The molecule has 0 unspecified atom stereocenters. The lowest BCUT2D eigenvalue weighted by Crippen LogP contribution is -2.23. The van der Waals surface area contributed by atoms with Crippen molar-refractivity contribution in [2.75, 3.05) is 4.72 Å². The third-order valence-corrected chi connectivity index (χ3v) is 5.94. The van der Waals surface area contributed by atoms with Crippen LogP contribution in [0.2, 0.25) is 0 Å². The van der Waals surface area contributed by atoms with E-state index in [-0.39, 0.29) is 16.4 Å². The van der Waals surface area contributed by atoms with Gasteiger partial charge in [-0.15, -0.1) is 0 Å². The predicted octanol–water partition coefficient (Wildman–Crippen LogP) is 3.74. The fourth-order valence-electron chi connectivity index (χ4n) is 3.06. The van der Waals surface area contributed by atoms with Crippen LogP contribution in [0.25, 0.3) is 0 Å². The quantitative estimate of drug-likeness (QED) is 0.649. The number of amides is 1. The Morgan fingerprint density at radius 2 is 1.59 bits per heavy atom. The highest BCUT2D eigenvalue weighted by atomic mass is 32.2. The van der Waals surface area contributed by atoms with Gasteiger partial charge < -0.3 is 5.32 Å². The van der Waals surface area contributed by atoms with Gasteiger partial charge in [0.2, 0.25) is 0 Å². The second-order valence-corrected chi connectivity index (χ2v) is 8.65. The van der Waals surface area contributed by atoms with Crippen LogP contribution < -0.4 is 10.0 Å². The molecule has 150 valence electrons. The molecule has 0 saturated heterocycles. The second kappa shape index (κ2) is 8.45. The smallest absolute Gasteiger partial charge is 0.262 e. The van der Waals surface area contributed by atoms with Crippen LogP contribution in [-0.4, -0.2) is 19.3 Å². The summed E-state index contributed by atoms with van der Waals surface area (Å²) >= 11 is 0. The number of benzene rings is 2. The lowest BCUT2D eigenvalue weighted by Gasteiger charge is -2.13. The van der Waals surface area contributed by atoms with E-state index in [0.717, 1.165) is 16.7 Å². The molecule has 29 heavy (non-hydrogen) atoms. The van der Waals surface area contributed by atoms with Crippen molar-refractivity contribution in [2.24, 2.45) is 0 Å². The molecule has 0 aliphatic rings. The number of nitrogens with zero attached hydrogens (tertiary/aromatic N) is 1. The highest BCUT2D eigenvalue weighted by molar-refractivity contribution is 7.92. The molecule has 7 heteroatoms. The molecule has 6 nitrogen and oxygen atoms in total. The van der Waals surface area contributed by atoms with Gasteiger partial charge in [-0.3, -0.25) is 14.5 Å². The van der Waals surface area contributed by atoms with Gasteiger partial charge in [0.25, 0.3) is 15.9 Å². The summed E-state index contributed by atoms with van der Waals surface area (Å²) in [5.74, 6) is -0.343. The number of sulfonamides is 1. The van der Waals surface area contributed by atoms with Crippen LogP contribution in [0.5, 0.6) is 0 Å². The van der Waals surface area contributed by atoms with Crippen molar-refractivity contribution in [3.63, 3.8) is 0 Å². The van der Waals surface area contributed by atoms with Gasteiger partial charge in [0.1, 0.15) is 0 Å². The number of carbonyl (C=O) groups is 1. The molecule has 1 amide bonds. The topological polar surface area (TPSA) is 88.2 Å². The Hall–Kier alpha value is -3.19. The molecule has 0 atom stereocenters. The van der Waals surface area contributed by atoms with E-state index >= 15 is 0 Å².